The highest BCUT2D eigenvalue weighted by molar-refractivity contribution is 5.90. The second-order valence-corrected chi connectivity index (χ2v) is 4.98. The highest BCUT2D eigenvalue weighted by Gasteiger charge is 2.05. The number of phenolic OH excluding ortho intramolecular Hbond substituents is 1. The van der Waals surface area contributed by atoms with Crippen LogP contribution in [0.3, 0.4) is 0 Å². The van der Waals surface area contributed by atoms with Gasteiger partial charge in [-0.05, 0) is 54.8 Å². The molecule has 116 valence electrons. The Morgan fingerprint density at radius 2 is 2.05 bits per heavy atom. The Morgan fingerprint density at radius 1 is 1.23 bits per heavy atom. The second-order valence-electron chi connectivity index (χ2n) is 4.98. The zero-order chi connectivity index (χ0) is 15.9. The van der Waals surface area contributed by atoms with Crippen molar-refractivity contribution in [2.24, 2.45) is 0 Å². The third-order valence-electron chi connectivity index (χ3n) is 3.29. The molecular weight excluding hydrogens is 280 g/mol. The number of phenols is 1. The van der Waals surface area contributed by atoms with Crippen LogP contribution in [-0.4, -0.2) is 24.8 Å². The van der Waals surface area contributed by atoms with Gasteiger partial charge in [0.2, 0.25) is 0 Å². The third kappa shape index (κ3) is 4.41. The van der Waals surface area contributed by atoms with Gasteiger partial charge in [-0.2, -0.15) is 0 Å². The number of hydrogen-bond acceptors (Lipinski definition) is 3. The minimum Gasteiger partial charge on any atom is -0.508 e. The van der Waals surface area contributed by atoms with Crippen molar-refractivity contribution in [3.8, 4) is 11.5 Å². The van der Waals surface area contributed by atoms with Crippen LogP contribution in [-0.2, 0) is 6.42 Å². The van der Waals surface area contributed by atoms with Gasteiger partial charge in [0.25, 0.3) is 0 Å². The largest absolute Gasteiger partial charge is 0.508 e. The number of carbonyl (C=O) groups is 1. The second kappa shape index (κ2) is 7.36. The number of hydrogen-bond donors (Lipinski definition) is 3. The molecule has 0 radical (unpaired) electrons. The van der Waals surface area contributed by atoms with E-state index >= 15 is 0 Å². The van der Waals surface area contributed by atoms with Crippen LogP contribution in [0.25, 0.3) is 0 Å². The van der Waals surface area contributed by atoms with Crippen molar-refractivity contribution in [2.75, 3.05) is 19.0 Å². The lowest BCUT2D eigenvalue weighted by atomic mass is 10.1. The molecule has 0 saturated heterocycles. The van der Waals surface area contributed by atoms with Gasteiger partial charge in [0, 0.05) is 12.2 Å². The van der Waals surface area contributed by atoms with Crippen molar-refractivity contribution in [3.63, 3.8) is 0 Å². The highest BCUT2D eigenvalue weighted by atomic mass is 16.5. The Kier molecular flexibility index (Phi) is 5.25. The maximum atomic E-state index is 11.9. The van der Waals surface area contributed by atoms with Crippen LogP contribution in [0, 0.1) is 6.92 Å². The quantitative estimate of drug-likeness (QED) is 0.743. The summed E-state index contributed by atoms with van der Waals surface area (Å²) in [6.07, 6.45) is 0.721. The van der Waals surface area contributed by atoms with Crippen molar-refractivity contribution in [1.82, 2.24) is 5.32 Å². The van der Waals surface area contributed by atoms with E-state index in [2.05, 4.69) is 10.6 Å². The van der Waals surface area contributed by atoms with E-state index in [1.807, 2.05) is 31.2 Å². The highest BCUT2D eigenvalue weighted by Crippen LogP contribution is 2.19. The number of methoxy groups -OCH3 is 1. The molecule has 2 rings (SSSR count). The molecule has 0 heterocycles. The maximum Gasteiger partial charge on any atom is 0.319 e. The van der Waals surface area contributed by atoms with Crippen LogP contribution < -0.4 is 15.4 Å². The van der Waals surface area contributed by atoms with Crippen molar-refractivity contribution in [2.45, 2.75) is 13.3 Å². The monoisotopic (exact) mass is 300 g/mol. The summed E-state index contributed by atoms with van der Waals surface area (Å²) in [6.45, 7) is 2.35. The van der Waals surface area contributed by atoms with Gasteiger partial charge in [-0.3, -0.25) is 0 Å². The summed E-state index contributed by atoms with van der Waals surface area (Å²) in [6, 6.07) is 12.3. The molecule has 0 aliphatic carbocycles. The van der Waals surface area contributed by atoms with Gasteiger partial charge in [-0.15, -0.1) is 0 Å². The van der Waals surface area contributed by atoms with Crippen molar-refractivity contribution in [3.05, 3.63) is 53.6 Å². The Bertz CT molecular complexity index is 656. The van der Waals surface area contributed by atoms with Crippen LogP contribution in [0.2, 0.25) is 0 Å². The van der Waals surface area contributed by atoms with Crippen LogP contribution in [0.1, 0.15) is 11.1 Å². The van der Waals surface area contributed by atoms with E-state index in [9.17, 15) is 9.90 Å². The molecule has 3 N–H and O–H groups in total. The molecule has 5 heteroatoms. The molecule has 0 aromatic heterocycles. The minimum atomic E-state index is -0.267. The van der Waals surface area contributed by atoms with E-state index in [-0.39, 0.29) is 11.8 Å². The summed E-state index contributed by atoms with van der Waals surface area (Å²) >= 11 is 0. The number of aryl methyl sites for hydroxylation is 1. The third-order valence-corrected chi connectivity index (χ3v) is 3.29. The summed E-state index contributed by atoms with van der Waals surface area (Å²) in [7, 11) is 1.63. The van der Waals surface area contributed by atoms with Gasteiger partial charge in [0.05, 0.1) is 7.11 Å². The SMILES string of the molecule is COc1cccc(CCNC(=O)Nc2ccc(O)cc2C)c1. The van der Waals surface area contributed by atoms with Gasteiger partial charge in [-0.25, -0.2) is 4.79 Å². The summed E-state index contributed by atoms with van der Waals surface area (Å²) in [5.41, 5.74) is 2.58. The molecule has 2 aromatic rings. The summed E-state index contributed by atoms with van der Waals surface area (Å²) in [4.78, 5) is 11.9. The molecule has 5 nitrogen and oxygen atoms in total. The Morgan fingerprint density at radius 3 is 2.77 bits per heavy atom. The van der Waals surface area contributed by atoms with Gasteiger partial charge in [0.15, 0.2) is 0 Å². The van der Waals surface area contributed by atoms with Crippen molar-refractivity contribution in [1.29, 1.82) is 0 Å². The van der Waals surface area contributed by atoms with Gasteiger partial charge >= 0.3 is 6.03 Å². The molecule has 0 fully saturated rings. The predicted molar refractivity (Wildman–Crippen MR) is 86.6 cm³/mol. The predicted octanol–water partition coefficient (Wildman–Crippen LogP) is 3.07. The zero-order valence-corrected chi connectivity index (χ0v) is 12.7. The van der Waals surface area contributed by atoms with E-state index in [1.54, 1.807) is 25.3 Å². The first-order chi connectivity index (χ1) is 10.6. The van der Waals surface area contributed by atoms with E-state index in [0.717, 1.165) is 23.3 Å². The number of nitrogens with one attached hydrogen (secondary N) is 2. The van der Waals surface area contributed by atoms with Gasteiger partial charge in [0.1, 0.15) is 11.5 Å². The molecule has 22 heavy (non-hydrogen) atoms. The first-order valence-electron chi connectivity index (χ1n) is 7.06. The Labute approximate surface area is 129 Å². The van der Waals surface area contributed by atoms with E-state index in [1.165, 1.54) is 0 Å². The van der Waals surface area contributed by atoms with Crippen LogP contribution in [0.15, 0.2) is 42.5 Å². The molecule has 0 unspecified atom stereocenters. The molecule has 0 aliphatic heterocycles. The Balaban J connectivity index is 1.82. The number of rotatable bonds is 5. The molecule has 0 atom stereocenters. The number of benzene rings is 2. The fourth-order valence-electron chi connectivity index (χ4n) is 2.10. The number of anilines is 1. The first kappa shape index (κ1) is 15.7. The van der Waals surface area contributed by atoms with Crippen LogP contribution in [0.4, 0.5) is 10.5 Å². The smallest absolute Gasteiger partial charge is 0.319 e. The summed E-state index contributed by atoms with van der Waals surface area (Å²) < 4.78 is 5.16. The first-order valence-corrected chi connectivity index (χ1v) is 7.06. The number of carbonyl (C=O) groups excluding carboxylic acids is 1. The normalized spacial score (nSPS) is 10.1. The molecule has 0 bridgehead atoms. The number of amides is 2. The number of ether oxygens (including phenoxy) is 1. The lowest BCUT2D eigenvalue weighted by Crippen LogP contribution is -2.30. The lowest BCUT2D eigenvalue weighted by Gasteiger charge is -2.10. The summed E-state index contributed by atoms with van der Waals surface area (Å²) in [5, 5.41) is 14.9. The van der Waals surface area contributed by atoms with Crippen LogP contribution in [0.5, 0.6) is 11.5 Å². The van der Waals surface area contributed by atoms with E-state index < -0.39 is 0 Å². The van der Waals surface area contributed by atoms with Gasteiger partial charge < -0.3 is 20.5 Å². The van der Waals surface area contributed by atoms with Crippen LogP contribution >= 0.6 is 0 Å². The topological polar surface area (TPSA) is 70.6 Å². The maximum absolute atomic E-state index is 11.9. The number of aromatic hydroxyl groups is 1. The molecule has 2 amide bonds. The standard InChI is InChI=1S/C17H20N2O3/c1-12-10-14(20)6-7-16(12)19-17(21)18-9-8-13-4-3-5-15(11-13)22-2/h3-7,10-11,20H,8-9H2,1-2H3,(H2,18,19,21). The molecule has 0 saturated carbocycles. The average molecular weight is 300 g/mol. The molecule has 0 spiro atoms. The fourth-order valence-corrected chi connectivity index (χ4v) is 2.10. The van der Waals surface area contributed by atoms with E-state index in [4.69, 9.17) is 4.74 Å². The Hall–Kier alpha value is -2.69. The van der Waals surface area contributed by atoms with Gasteiger partial charge in [-0.1, -0.05) is 12.1 Å². The lowest BCUT2D eigenvalue weighted by molar-refractivity contribution is 0.252. The molecular formula is C17H20N2O3. The van der Waals surface area contributed by atoms with Crippen molar-refractivity contribution < 1.29 is 14.6 Å². The fraction of sp³-hybridized carbons (Fsp3) is 0.235. The average Bonchev–Trinajstić information content (AvgIpc) is 2.50. The minimum absolute atomic E-state index is 0.182. The van der Waals surface area contributed by atoms with E-state index in [0.29, 0.717) is 12.2 Å². The summed E-state index contributed by atoms with van der Waals surface area (Å²) in [5.74, 6) is 0.989. The molecule has 2 aromatic carbocycles. The molecule has 0 aliphatic rings. The van der Waals surface area contributed by atoms with Crippen molar-refractivity contribution >= 4 is 11.7 Å². The zero-order valence-electron chi connectivity index (χ0n) is 12.7. The number of urea groups is 1.